The molecule has 0 amide bonds. The van der Waals surface area contributed by atoms with Crippen molar-refractivity contribution in [2.75, 3.05) is 45.9 Å². The van der Waals surface area contributed by atoms with E-state index in [-0.39, 0.29) is 18.2 Å². The standard InChI is InChI=1S/C19H22N2O9S/c22-13(10-20-5-7-30-8-6-20)11-21(15(19(26)27)9-18(24)25)12-16(23)14-3-1-2-4-17(14)31(21,28)29/h1-4,9,13,22H,5-8,10-12H2,(H-,24,25,26,27)/p+1/b15-9+. The first-order valence-corrected chi connectivity index (χ1v) is 10.9. The summed E-state index contributed by atoms with van der Waals surface area (Å²) in [7, 11) is -4.60. The third-order valence-corrected chi connectivity index (χ3v) is 7.63. The van der Waals surface area contributed by atoms with E-state index in [0.29, 0.717) is 26.3 Å². The first kappa shape index (κ1) is 23.0. The van der Waals surface area contributed by atoms with E-state index in [1.165, 1.54) is 24.3 Å². The topological polar surface area (TPSA) is 159 Å². The Kier molecular flexibility index (Phi) is 6.57. The molecule has 168 valence electrons. The number of carbonyl (C=O) groups excluding carboxylic acids is 1. The molecular formula is C19H23N2O9S+. The number of Topliss-reactive ketones (excluding diaryl/α,β-unsaturated/α-hetero) is 1. The van der Waals surface area contributed by atoms with Gasteiger partial charge in [-0.3, -0.25) is 9.69 Å². The second-order valence-corrected chi connectivity index (χ2v) is 9.45. The van der Waals surface area contributed by atoms with Gasteiger partial charge in [-0.25, -0.2) is 9.59 Å². The predicted octanol–water partition coefficient (Wildman–Crippen LogP) is -0.865. The number of aliphatic hydroxyl groups excluding tert-OH is 1. The van der Waals surface area contributed by atoms with Gasteiger partial charge in [-0.2, -0.15) is 12.3 Å². The van der Waals surface area contributed by atoms with Gasteiger partial charge in [0.2, 0.25) is 11.5 Å². The van der Waals surface area contributed by atoms with Crippen LogP contribution in [-0.2, 0) is 24.3 Å². The number of aliphatic carboxylic acids is 2. The van der Waals surface area contributed by atoms with Crippen LogP contribution in [0.1, 0.15) is 10.4 Å². The number of aliphatic hydroxyl groups is 1. The monoisotopic (exact) mass is 455 g/mol. The van der Waals surface area contributed by atoms with Gasteiger partial charge in [0.1, 0.15) is 17.5 Å². The van der Waals surface area contributed by atoms with Crippen molar-refractivity contribution in [2.24, 2.45) is 0 Å². The van der Waals surface area contributed by atoms with Crippen LogP contribution in [0.2, 0.25) is 0 Å². The molecule has 3 rings (SSSR count). The predicted molar refractivity (Wildman–Crippen MR) is 105 cm³/mol. The average molecular weight is 455 g/mol. The SMILES string of the molecule is O=C(O)/C=C(\C(=O)O)[N+]1(CC(O)CN2CCOCC2)CC(=O)c2ccccc2S1(=O)=O. The lowest BCUT2D eigenvalue weighted by molar-refractivity contribution is -0.758. The quantitative estimate of drug-likeness (QED) is 0.349. The van der Waals surface area contributed by atoms with Crippen molar-refractivity contribution < 1.29 is 46.7 Å². The Bertz CT molecular complexity index is 1030. The fourth-order valence-electron chi connectivity index (χ4n) is 3.94. The molecule has 0 spiro atoms. The fourth-order valence-corrected chi connectivity index (χ4v) is 6.07. The molecule has 0 aromatic heterocycles. The molecule has 0 saturated carbocycles. The zero-order valence-corrected chi connectivity index (χ0v) is 17.3. The van der Waals surface area contributed by atoms with Crippen LogP contribution in [-0.4, -0.2) is 102 Å². The smallest absolute Gasteiger partial charge is 0.391 e. The molecule has 3 N–H and O–H groups in total. The lowest BCUT2D eigenvalue weighted by Gasteiger charge is -2.40. The van der Waals surface area contributed by atoms with E-state index < -0.39 is 61.4 Å². The highest BCUT2D eigenvalue weighted by Crippen LogP contribution is 2.37. The molecule has 31 heavy (non-hydrogen) atoms. The number of carbonyl (C=O) groups is 3. The van der Waals surface area contributed by atoms with E-state index in [2.05, 4.69) is 0 Å². The molecule has 11 nitrogen and oxygen atoms in total. The Labute approximate surface area is 178 Å². The number of sulfonamides is 1. The zero-order valence-electron chi connectivity index (χ0n) is 16.5. The molecule has 2 unspecified atom stereocenters. The molecule has 1 aromatic carbocycles. The molecule has 2 atom stereocenters. The first-order valence-electron chi connectivity index (χ1n) is 9.49. The Morgan fingerprint density at radius 2 is 1.84 bits per heavy atom. The van der Waals surface area contributed by atoms with Gasteiger partial charge in [0.15, 0.2) is 6.54 Å². The number of β-amino-alcohol motifs (C(OH)–C–C–N with tert-alkyl or cyclic N) is 1. The van der Waals surface area contributed by atoms with Crippen LogP contribution in [0, 0.1) is 0 Å². The van der Waals surface area contributed by atoms with Gasteiger partial charge in [-0.05, 0) is 12.1 Å². The third kappa shape index (κ3) is 4.38. The Morgan fingerprint density at radius 3 is 2.45 bits per heavy atom. The molecule has 0 radical (unpaired) electrons. The number of hydrogen-bond acceptors (Lipinski definition) is 8. The third-order valence-electron chi connectivity index (χ3n) is 5.32. The summed E-state index contributed by atoms with van der Waals surface area (Å²) >= 11 is 0. The van der Waals surface area contributed by atoms with Crippen LogP contribution in [0.25, 0.3) is 0 Å². The van der Waals surface area contributed by atoms with Crippen molar-refractivity contribution in [3.8, 4) is 0 Å². The zero-order chi connectivity index (χ0) is 22.8. The fraction of sp³-hybridized carbons (Fsp3) is 0.421. The van der Waals surface area contributed by atoms with E-state index in [1.807, 2.05) is 4.90 Å². The normalized spacial score (nSPS) is 24.9. The summed E-state index contributed by atoms with van der Waals surface area (Å²) in [5.74, 6) is -4.16. The summed E-state index contributed by atoms with van der Waals surface area (Å²) in [6.45, 7) is 0.293. The summed E-state index contributed by atoms with van der Waals surface area (Å²) in [6.07, 6.45) is -1.09. The van der Waals surface area contributed by atoms with Gasteiger partial charge in [0.05, 0.1) is 19.3 Å². The molecular weight excluding hydrogens is 432 g/mol. The maximum Gasteiger partial charge on any atom is 0.391 e. The maximum atomic E-state index is 13.6. The minimum atomic E-state index is -4.60. The number of hydrogen-bond donors (Lipinski definition) is 3. The molecule has 0 aliphatic carbocycles. The molecule has 1 saturated heterocycles. The Hall–Kier alpha value is -2.64. The average Bonchev–Trinajstić information content (AvgIpc) is 2.71. The number of carboxylic acid groups (broad SMARTS) is 2. The molecule has 0 bridgehead atoms. The molecule has 1 fully saturated rings. The van der Waals surface area contributed by atoms with Crippen molar-refractivity contribution in [3.63, 3.8) is 0 Å². The highest BCUT2D eigenvalue weighted by molar-refractivity contribution is 7.86. The lowest BCUT2D eigenvalue weighted by Crippen LogP contribution is -2.62. The number of morpholine rings is 1. The van der Waals surface area contributed by atoms with Crippen molar-refractivity contribution in [2.45, 2.75) is 11.0 Å². The van der Waals surface area contributed by atoms with E-state index in [1.54, 1.807) is 0 Å². The highest BCUT2D eigenvalue weighted by atomic mass is 32.2. The van der Waals surface area contributed by atoms with Crippen LogP contribution >= 0.6 is 0 Å². The number of benzene rings is 1. The second kappa shape index (κ2) is 8.85. The van der Waals surface area contributed by atoms with E-state index in [4.69, 9.17) is 4.74 Å². The number of fused-ring (bicyclic) bond motifs is 1. The van der Waals surface area contributed by atoms with Crippen LogP contribution < -0.4 is 0 Å². The summed E-state index contributed by atoms with van der Waals surface area (Å²) in [4.78, 5) is 37.5. The van der Waals surface area contributed by atoms with Gasteiger partial charge in [-0.1, -0.05) is 12.1 Å². The Morgan fingerprint density at radius 1 is 1.19 bits per heavy atom. The highest BCUT2D eigenvalue weighted by Gasteiger charge is 2.57. The van der Waals surface area contributed by atoms with Gasteiger partial charge >= 0.3 is 22.0 Å². The summed E-state index contributed by atoms with van der Waals surface area (Å²) in [5.41, 5.74) is -1.12. The van der Waals surface area contributed by atoms with E-state index >= 15 is 0 Å². The van der Waals surface area contributed by atoms with Crippen LogP contribution in [0.4, 0.5) is 0 Å². The molecule has 12 heteroatoms. The van der Waals surface area contributed by atoms with Gasteiger partial charge < -0.3 is 20.1 Å². The van der Waals surface area contributed by atoms with Gasteiger partial charge in [0, 0.05) is 25.2 Å². The molecule has 1 aromatic rings. The first-order chi connectivity index (χ1) is 14.6. The number of rotatable bonds is 7. The number of ketones is 1. The van der Waals surface area contributed by atoms with Gasteiger partial charge in [-0.15, -0.1) is 0 Å². The van der Waals surface area contributed by atoms with Crippen molar-refractivity contribution >= 4 is 27.7 Å². The minimum absolute atomic E-state index is 0.00862. The summed E-state index contributed by atoms with van der Waals surface area (Å²) < 4.78 is 30.9. The van der Waals surface area contributed by atoms with Crippen LogP contribution in [0.5, 0.6) is 0 Å². The molecule has 2 aliphatic heterocycles. The van der Waals surface area contributed by atoms with Crippen molar-refractivity contribution in [3.05, 3.63) is 41.6 Å². The largest absolute Gasteiger partial charge is 0.478 e. The van der Waals surface area contributed by atoms with E-state index in [9.17, 15) is 38.1 Å². The summed E-state index contributed by atoms with van der Waals surface area (Å²) in [5, 5.41) is 29.6. The molecule has 2 heterocycles. The minimum Gasteiger partial charge on any atom is -0.478 e. The van der Waals surface area contributed by atoms with Crippen molar-refractivity contribution in [1.29, 1.82) is 0 Å². The summed E-state index contributed by atoms with van der Waals surface area (Å²) in [6, 6.07) is 5.35. The van der Waals surface area contributed by atoms with E-state index in [0.717, 1.165) is 0 Å². The number of quaternary nitrogens is 1. The van der Waals surface area contributed by atoms with Crippen molar-refractivity contribution in [1.82, 2.24) is 4.90 Å². The number of nitrogens with zero attached hydrogens (tertiary/aromatic N) is 2. The van der Waals surface area contributed by atoms with Crippen LogP contribution in [0.3, 0.4) is 0 Å². The lowest BCUT2D eigenvalue weighted by atomic mass is 10.1. The number of carboxylic acids is 2. The van der Waals surface area contributed by atoms with Gasteiger partial charge in [0.25, 0.3) is 0 Å². The maximum absolute atomic E-state index is 13.6. The molecule has 2 aliphatic rings. The second-order valence-electron chi connectivity index (χ2n) is 7.36. The number of ether oxygens (including phenoxy) is 1. The van der Waals surface area contributed by atoms with Crippen LogP contribution in [0.15, 0.2) is 40.9 Å². The Balaban J connectivity index is 2.12.